The number of hydrogen-bond acceptors (Lipinski definition) is 6. The van der Waals surface area contributed by atoms with E-state index < -0.39 is 0 Å². The van der Waals surface area contributed by atoms with Crippen molar-refractivity contribution in [3.05, 3.63) is 59.0 Å². The summed E-state index contributed by atoms with van der Waals surface area (Å²) in [4.78, 5) is 5.78. The highest BCUT2D eigenvalue weighted by molar-refractivity contribution is 7.09. The zero-order valence-corrected chi connectivity index (χ0v) is 14.0. The largest absolute Gasteiger partial charge is 0.454 e. The van der Waals surface area contributed by atoms with Gasteiger partial charge in [0.2, 0.25) is 6.79 Å². The van der Waals surface area contributed by atoms with E-state index in [9.17, 15) is 0 Å². The Morgan fingerprint density at radius 1 is 1.16 bits per heavy atom. The van der Waals surface area contributed by atoms with Gasteiger partial charge in [-0.3, -0.25) is 0 Å². The number of ether oxygens (including phenoxy) is 2. The molecule has 5 rings (SSSR count). The zero-order valence-electron chi connectivity index (χ0n) is 13.2. The summed E-state index contributed by atoms with van der Waals surface area (Å²) in [5.41, 5.74) is 2.76. The van der Waals surface area contributed by atoms with Crippen LogP contribution in [0.3, 0.4) is 0 Å². The van der Waals surface area contributed by atoms with Gasteiger partial charge in [-0.15, -0.1) is 11.3 Å². The van der Waals surface area contributed by atoms with Crippen molar-refractivity contribution in [2.24, 2.45) is 0 Å². The fourth-order valence-electron chi connectivity index (χ4n) is 2.88. The first-order valence-electron chi connectivity index (χ1n) is 7.87. The minimum absolute atomic E-state index is 0.266. The molecule has 124 valence electrons. The van der Waals surface area contributed by atoms with E-state index in [4.69, 9.17) is 9.47 Å². The number of rotatable bonds is 4. The molecular formula is C18H14N4O2S. The highest BCUT2D eigenvalue weighted by Gasteiger charge is 2.16. The van der Waals surface area contributed by atoms with E-state index in [1.54, 1.807) is 17.5 Å². The van der Waals surface area contributed by atoms with Crippen LogP contribution in [0.1, 0.15) is 4.88 Å². The number of aromatic nitrogens is 3. The summed E-state index contributed by atoms with van der Waals surface area (Å²) in [7, 11) is 0. The normalized spacial score (nSPS) is 12.6. The lowest BCUT2D eigenvalue weighted by molar-refractivity contribution is 0.174. The summed E-state index contributed by atoms with van der Waals surface area (Å²) < 4.78 is 12.7. The molecule has 0 bridgehead atoms. The van der Waals surface area contributed by atoms with E-state index in [1.165, 1.54) is 4.88 Å². The van der Waals surface area contributed by atoms with Crippen LogP contribution in [0.15, 0.2) is 54.2 Å². The van der Waals surface area contributed by atoms with Crippen molar-refractivity contribution in [3.63, 3.8) is 0 Å². The van der Waals surface area contributed by atoms with Crippen molar-refractivity contribution >= 4 is 22.8 Å². The average molecular weight is 350 g/mol. The van der Waals surface area contributed by atoms with Crippen LogP contribution in [0.5, 0.6) is 11.5 Å². The van der Waals surface area contributed by atoms with E-state index >= 15 is 0 Å². The molecule has 4 heterocycles. The monoisotopic (exact) mass is 350 g/mol. The van der Waals surface area contributed by atoms with Gasteiger partial charge in [0, 0.05) is 16.6 Å². The fourth-order valence-corrected chi connectivity index (χ4v) is 3.53. The number of nitrogens with zero attached hydrogens (tertiary/aromatic N) is 3. The Morgan fingerprint density at radius 3 is 3.04 bits per heavy atom. The Hall–Kier alpha value is -3.06. The van der Waals surface area contributed by atoms with E-state index in [1.807, 2.05) is 35.0 Å². The predicted molar refractivity (Wildman–Crippen MR) is 96.2 cm³/mol. The molecule has 1 aromatic carbocycles. The SMILES string of the molecule is c1csc(CNc2ccnc3c(-c4ccc5c(c4)OCO5)cnn23)c1. The number of fused-ring (bicyclic) bond motifs is 2. The van der Waals surface area contributed by atoms with Gasteiger partial charge in [-0.25, -0.2) is 4.98 Å². The molecule has 0 radical (unpaired) electrons. The Morgan fingerprint density at radius 2 is 2.12 bits per heavy atom. The average Bonchev–Trinajstić information content (AvgIpc) is 3.38. The number of anilines is 1. The van der Waals surface area contributed by atoms with E-state index in [0.717, 1.165) is 40.6 Å². The topological polar surface area (TPSA) is 60.7 Å². The molecule has 1 aliphatic rings. The van der Waals surface area contributed by atoms with Crippen LogP contribution in [0.4, 0.5) is 5.82 Å². The molecule has 0 saturated heterocycles. The van der Waals surface area contributed by atoms with Crippen molar-refractivity contribution in [3.8, 4) is 22.6 Å². The molecule has 0 atom stereocenters. The quantitative estimate of drug-likeness (QED) is 0.607. The minimum atomic E-state index is 0.266. The Kier molecular flexibility index (Phi) is 3.31. The first-order chi connectivity index (χ1) is 12.4. The van der Waals surface area contributed by atoms with Gasteiger partial charge in [0.1, 0.15) is 5.82 Å². The Balaban J connectivity index is 1.51. The van der Waals surface area contributed by atoms with Crippen LogP contribution < -0.4 is 14.8 Å². The molecule has 1 aliphatic heterocycles. The molecule has 1 N–H and O–H groups in total. The van der Waals surface area contributed by atoms with E-state index in [2.05, 4.69) is 32.9 Å². The highest BCUT2D eigenvalue weighted by atomic mass is 32.1. The lowest BCUT2D eigenvalue weighted by atomic mass is 10.1. The maximum Gasteiger partial charge on any atom is 0.231 e. The summed E-state index contributed by atoms with van der Waals surface area (Å²) in [5, 5.41) is 10.0. The predicted octanol–water partition coefficient (Wildman–Crippen LogP) is 3.80. The molecule has 0 unspecified atom stereocenters. The van der Waals surface area contributed by atoms with Crippen LogP contribution in [0.25, 0.3) is 16.8 Å². The lowest BCUT2D eigenvalue weighted by Gasteiger charge is -2.07. The molecular weight excluding hydrogens is 336 g/mol. The van der Waals surface area contributed by atoms with Gasteiger partial charge < -0.3 is 14.8 Å². The second-order valence-electron chi connectivity index (χ2n) is 5.62. The molecule has 7 heteroatoms. The smallest absolute Gasteiger partial charge is 0.231 e. The fraction of sp³-hybridized carbons (Fsp3) is 0.111. The minimum Gasteiger partial charge on any atom is -0.454 e. The van der Waals surface area contributed by atoms with Crippen LogP contribution in [-0.4, -0.2) is 21.4 Å². The molecule has 25 heavy (non-hydrogen) atoms. The first-order valence-corrected chi connectivity index (χ1v) is 8.75. The maximum absolute atomic E-state index is 5.47. The second kappa shape index (κ2) is 5.78. The van der Waals surface area contributed by atoms with Crippen molar-refractivity contribution in [2.75, 3.05) is 12.1 Å². The third kappa shape index (κ3) is 2.49. The lowest BCUT2D eigenvalue weighted by Crippen LogP contribution is -2.04. The summed E-state index contributed by atoms with van der Waals surface area (Å²) >= 11 is 1.73. The van der Waals surface area contributed by atoms with Gasteiger partial charge in [-0.05, 0) is 35.2 Å². The van der Waals surface area contributed by atoms with Crippen LogP contribution in [0.2, 0.25) is 0 Å². The van der Waals surface area contributed by atoms with Gasteiger partial charge in [-0.1, -0.05) is 12.1 Å². The highest BCUT2D eigenvalue weighted by Crippen LogP contribution is 2.36. The number of hydrogen-bond donors (Lipinski definition) is 1. The third-order valence-electron chi connectivity index (χ3n) is 4.11. The van der Waals surface area contributed by atoms with Crippen LogP contribution in [-0.2, 0) is 6.54 Å². The molecule has 0 aliphatic carbocycles. The van der Waals surface area contributed by atoms with Crippen molar-refractivity contribution < 1.29 is 9.47 Å². The molecule has 3 aromatic heterocycles. The van der Waals surface area contributed by atoms with Gasteiger partial charge in [0.15, 0.2) is 17.1 Å². The molecule has 0 amide bonds. The number of benzene rings is 1. The molecule has 4 aromatic rings. The molecule has 0 spiro atoms. The maximum atomic E-state index is 5.47. The van der Waals surface area contributed by atoms with Gasteiger partial charge >= 0.3 is 0 Å². The third-order valence-corrected chi connectivity index (χ3v) is 4.99. The summed E-state index contributed by atoms with van der Waals surface area (Å²) in [6.07, 6.45) is 3.63. The zero-order chi connectivity index (χ0) is 16.6. The van der Waals surface area contributed by atoms with Crippen molar-refractivity contribution in [1.29, 1.82) is 0 Å². The standard InChI is InChI=1S/C18H14N4O2S/c1-2-13(25-7-1)9-20-17-5-6-19-18-14(10-21-22(17)18)12-3-4-15-16(8-12)24-11-23-15/h1-8,10,20H,9,11H2. The van der Waals surface area contributed by atoms with E-state index in [0.29, 0.717) is 0 Å². The summed E-state index contributed by atoms with van der Waals surface area (Å²) in [5.74, 6) is 2.43. The molecule has 6 nitrogen and oxygen atoms in total. The van der Waals surface area contributed by atoms with Gasteiger partial charge in [0.25, 0.3) is 0 Å². The number of nitrogens with one attached hydrogen (secondary N) is 1. The Bertz CT molecular complexity index is 1040. The summed E-state index contributed by atoms with van der Waals surface area (Å²) in [6, 6.07) is 12.0. The second-order valence-corrected chi connectivity index (χ2v) is 6.66. The van der Waals surface area contributed by atoms with E-state index in [-0.39, 0.29) is 6.79 Å². The Labute approximate surface area is 147 Å². The first kappa shape index (κ1) is 14.3. The van der Waals surface area contributed by atoms with Gasteiger partial charge in [-0.2, -0.15) is 9.61 Å². The van der Waals surface area contributed by atoms with Crippen LogP contribution in [0, 0.1) is 0 Å². The van der Waals surface area contributed by atoms with Crippen molar-refractivity contribution in [2.45, 2.75) is 6.54 Å². The molecule has 0 fully saturated rings. The number of thiophene rings is 1. The summed E-state index contributed by atoms with van der Waals surface area (Å²) in [6.45, 7) is 1.03. The molecule has 0 saturated carbocycles. The van der Waals surface area contributed by atoms with Gasteiger partial charge in [0.05, 0.1) is 12.7 Å². The van der Waals surface area contributed by atoms with Crippen molar-refractivity contribution in [1.82, 2.24) is 14.6 Å². The van der Waals surface area contributed by atoms with Crippen LogP contribution >= 0.6 is 11.3 Å².